The molecule has 3 aromatic rings. The molecular formula is C21H24N4O3. The standard InChI is InChI=1S/C21H24N4O3/c1-4-28-16-8-5-14(6-9-16)17-12-18(25-21(24-17)22-13-23-25)15-7-10-19(26-2)20(11-15)27-3/h5-11,13,17-18H,4,12H2,1-3H3,(H,22,23,24). The third-order valence-corrected chi connectivity index (χ3v) is 5.02. The largest absolute Gasteiger partial charge is 0.494 e. The summed E-state index contributed by atoms with van der Waals surface area (Å²) in [6.07, 6.45) is 2.41. The maximum Gasteiger partial charge on any atom is 0.222 e. The van der Waals surface area contributed by atoms with E-state index in [0.717, 1.165) is 23.7 Å². The van der Waals surface area contributed by atoms with Crippen LogP contribution in [0.1, 0.15) is 36.6 Å². The van der Waals surface area contributed by atoms with Crippen molar-refractivity contribution in [2.45, 2.75) is 25.4 Å². The molecule has 2 aromatic carbocycles. The van der Waals surface area contributed by atoms with Crippen LogP contribution in [-0.4, -0.2) is 35.6 Å². The van der Waals surface area contributed by atoms with E-state index >= 15 is 0 Å². The number of aromatic nitrogens is 3. The molecule has 28 heavy (non-hydrogen) atoms. The minimum absolute atomic E-state index is 0.0372. The van der Waals surface area contributed by atoms with E-state index in [1.807, 2.05) is 35.9 Å². The van der Waals surface area contributed by atoms with Gasteiger partial charge < -0.3 is 19.5 Å². The number of nitrogens with zero attached hydrogens (tertiary/aromatic N) is 3. The zero-order valence-corrected chi connectivity index (χ0v) is 16.3. The van der Waals surface area contributed by atoms with Crippen molar-refractivity contribution in [2.24, 2.45) is 0 Å². The number of ether oxygens (including phenoxy) is 3. The lowest BCUT2D eigenvalue weighted by Crippen LogP contribution is -2.28. The quantitative estimate of drug-likeness (QED) is 0.701. The van der Waals surface area contributed by atoms with Gasteiger partial charge in [-0.3, -0.25) is 0 Å². The Labute approximate surface area is 164 Å². The van der Waals surface area contributed by atoms with Gasteiger partial charge in [0.1, 0.15) is 12.1 Å². The molecule has 0 bridgehead atoms. The number of hydrogen-bond donors (Lipinski definition) is 1. The van der Waals surface area contributed by atoms with E-state index in [9.17, 15) is 0 Å². The highest BCUT2D eigenvalue weighted by molar-refractivity contribution is 5.46. The average molecular weight is 380 g/mol. The number of rotatable bonds is 6. The fourth-order valence-electron chi connectivity index (χ4n) is 3.64. The lowest BCUT2D eigenvalue weighted by Gasteiger charge is -2.32. The number of hydrogen-bond acceptors (Lipinski definition) is 6. The molecule has 1 aliphatic rings. The molecule has 1 N–H and O–H groups in total. The van der Waals surface area contributed by atoms with Gasteiger partial charge in [-0.25, -0.2) is 4.68 Å². The molecule has 7 heteroatoms. The summed E-state index contributed by atoms with van der Waals surface area (Å²) in [4.78, 5) is 4.39. The van der Waals surface area contributed by atoms with Crippen LogP contribution in [0.3, 0.4) is 0 Å². The third kappa shape index (κ3) is 3.35. The van der Waals surface area contributed by atoms with Crippen molar-refractivity contribution < 1.29 is 14.2 Å². The molecule has 2 heterocycles. The molecule has 1 aliphatic heterocycles. The lowest BCUT2D eigenvalue weighted by molar-refractivity contribution is 0.340. The van der Waals surface area contributed by atoms with E-state index in [-0.39, 0.29) is 12.1 Å². The van der Waals surface area contributed by atoms with Crippen molar-refractivity contribution in [1.29, 1.82) is 0 Å². The van der Waals surface area contributed by atoms with Crippen molar-refractivity contribution in [3.05, 3.63) is 59.9 Å². The first-order chi connectivity index (χ1) is 13.7. The van der Waals surface area contributed by atoms with Crippen molar-refractivity contribution in [3.8, 4) is 17.2 Å². The van der Waals surface area contributed by atoms with Crippen LogP contribution in [0, 0.1) is 0 Å². The molecule has 1 aromatic heterocycles. The summed E-state index contributed by atoms with van der Waals surface area (Å²) in [6, 6.07) is 14.4. The number of anilines is 1. The maximum atomic E-state index is 5.56. The molecule has 146 valence electrons. The predicted molar refractivity (Wildman–Crippen MR) is 106 cm³/mol. The summed E-state index contributed by atoms with van der Waals surface area (Å²) in [5.41, 5.74) is 2.28. The van der Waals surface area contributed by atoms with Crippen LogP contribution >= 0.6 is 0 Å². The fourth-order valence-corrected chi connectivity index (χ4v) is 3.64. The van der Waals surface area contributed by atoms with Gasteiger partial charge in [-0.2, -0.15) is 10.1 Å². The van der Waals surface area contributed by atoms with E-state index in [0.29, 0.717) is 18.1 Å². The molecule has 0 saturated heterocycles. The molecule has 0 amide bonds. The number of benzene rings is 2. The molecular weight excluding hydrogens is 356 g/mol. The molecule has 0 saturated carbocycles. The van der Waals surface area contributed by atoms with E-state index in [2.05, 4.69) is 33.6 Å². The summed E-state index contributed by atoms with van der Waals surface area (Å²) in [5, 5.41) is 7.92. The Bertz CT molecular complexity index is 939. The van der Waals surface area contributed by atoms with Crippen LogP contribution < -0.4 is 19.5 Å². The van der Waals surface area contributed by atoms with Crippen LogP contribution in [0.2, 0.25) is 0 Å². The van der Waals surface area contributed by atoms with Crippen LogP contribution in [0.4, 0.5) is 5.95 Å². The summed E-state index contributed by atoms with van der Waals surface area (Å²) in [7, 11) is 3.28. The van der Waals surface area contributed by atoms with Crippen LogP contribution in [0.15, 0.2) is 48.8 Å². The van der Waals surface area contributed by atoms with Gasteiger partial charge >= 0.3 is 0 Å². The molecule has 0 spiro atoms. The zero-order chi connectivity index (χ0) is 19.5. The van der Waals surface area contributed by atoms with E-state index in [4.69, 9.17) is 14.2 Å². The van der Waals surface area contributed by atoms with Crippen molar-refractivity contribution in [1.82, 2.24) is 14.8 Å². The highest BCUT2D eigenvalue weighted by Gasteiger charge is 2.30. The molecule has 2 unspecified atom stereocenters. The summed E-state index contributed by atoms with van der Waals surface area (Å²) >= 11 is 0. The lowest BCUT2D eigenvalue weighted by atomic mass is 9.93. The van der Waals surface area contributed by atoms with Crippen molar-refractivity contribution >= 4 is 5.95 Å². The first kappa shape index (κ1) is 18.2. The van der Waals surface area contributed by atoms with Gasteiger partial charge in [0, 0.05) is 0 Å². The summed E-state index contributed by atoms with van der Waals surface area (Å²) in [6.45, 7) is 2.64. The number of nitrogens with one attached hydrogen (secondary N) is 1. The zero-order valence-electron chi connectivity index (χ0n) is 16.3. The molecule has 0 radical (unpaired) electrons. The topological polar surface area (TPSA) is 70.4 Å². The smallest absolute Gasteiger partial charge is 0.222 e. The van der Waals surface area contributed by atoms with E-state index in [1.165, 1.54) is 5.56 Å². The van der Waals surface area contributed by atoms with Crippen LogP contribution in [0.5, 0.6) is 17.2 Å². The highest BCUT2D eigenvalue weighted by atomic mass is 16.5. The van der Waals surface area contributed by atoms with Crippen LogP contribution in [-0.2, 0) is 0 Å². The Morgan fingerprint density at radius 1 is 1.04 bits per heavy atom. The minimum atomic E-state index is 0.0372. The Morgan fingerprint density at radius 3 is 2.50 bits per heavy atom. The van der Waals surface area contributed by atoms with Gasteiger partial charge in [0.05, 0.1) is 32.9 Å². The second-order valence-corrected chi connectivity index (χ2v) is 6.59. The van der Waals surface area contributed by atoms with Crippen molar-refractivity contribution in [2.75, 3.05) is 26.1 Å². The molecule has 0 aliphatic carbocycles. The minimum Gasteiger partial charge on any atom is -0.494 e. The monoisotopic (exact) mass is 380 g/mol. The Kier molecular flexibility index (Phi) is 5.06. The summed E-state index contributed by atoms with van der Waals surface area (Å²) < 4.78 is 18.3. The molecule has 2 atom stereocenters. The number of methoxy groups -OCH3 is 2. The highest BCUT2D eigenvalue weighted by Crippen LogP contribution is 2.40. The molecule has 4 rings (SSSR count). The first-order valence-electron chi connectivity index (χ1n) is 9.34. The van der Waals surface area contributed by atoms with E-state index < -0.39 is 0 Å². The van der Waals surface area contributed by atoms with Crippen molar-refractivity contribution in [3.63, 3.8) is 0 Å². The van der Waals surface area contributed by atoms with Gasteiger partial charge in [-0.1, -0.05) is 18.2 Å². The van der Waals surface area contributed by atoms with Crippen LogP contribution in [0.25, 0.3) is 0 Å². The SMILES string of the molecule is CCOc1ccc(C2CC(c3ccc(OC)c(OC)c3)n3ncnc3N2)cc1. The average Bonchev–Trinajstić information content (AvgIpc) is 3.22. The normalized spacial score (nSPS) is 18.1. The first-order valence-corrected chi connectivity index (χ1v) is 9.34. The maximum absolute atomic E-state index is 5.56. The second-order valence-electron chi connectivity index (χ2n) is 6.59. The summed E-state index contributed by atoms with van der Waals surface area (Å²) in [5.74, 6) is 3.05. The van der Waals surface area contributed by atoms with E-state index in [1.54, 1.807) is 20.5 Å². The van der Waals surface area contributed by atoms with Gasteiger partial charge in [-0.05, 0) is 48.7 Å². The third-order valence-electron chi connectivity index (χ3n) is 5.02. The fraction of sp³-hybridized carbons (Fsp3) is 0.333. The van der Waals surface area contributed by atoms with Gasteiger partial charge in [0.15, 0.2) is 11.5 Å². The molecule has 0 fully saturated rings. The van der Waals surface area contributed by atoms with Gasteiger partial charge in [0.2, 0.25) is 5.95 Å². The molecule has 7 nitrogen and oxygen atoms in total. The Balaban J connectivity index is 1.66. The second kappa shape index (κ2) is 7.80. The van der Waals surface area contributed by atoms with Gasteiger partial charge in [0.25, 0.3) is 0 Å². The Morgan fingerprint density at radius 2 is 1.79 bits per heavy atom. The van der Waals surface area contributed by atoms with Gasteiger partial charge in [-0.15, -0.1) is 0 Å². The Hall–Kier alpha value is -3.22. The predicted octanol–water partition coefficient (Wildman–Crippen LogP) is 3.84. The number of fused-ring (bicyclic) bond motifs is 1.